The van der Waals surface area contributed by atoms with Crippen LogP contribution in [0.1, 0.15) is 6.42 Å². The molecule has 0 heterocycles. The average Bonchev–Trinajstić information content (AvgIpc) is 1.59. The minimum absolute atomic E-state index is 0.376. The van der Waals surface area contributed by atoms with Gasteiger partial charge in [0.1, 0.15) is 6.42 Å². The highest BCUT2D eigenvalue weighted by Gasteiger charge is 2.28. The Morgan fingerprint density at radius 2 is 2.30 bits per heavy atom. The van der Waals surface area contributed by atoms with Gasteiger partial charge in [0.05, 0.1) is 6.54 Å². The first kappa shape index (κ1) is 9.32. The van der Waals surface area contributed by atoms with E-state index in [-0.39, 0.29) is 6.54 Å². The average molecular weight is 151 g/mol. The largest absolute Gasteiger partial charge is 0.481 e. The van der Waals surface area contributed by atoms with E-state index in [0.29, 0.717) is 0 Å². The molecule has 0 amide bonds. The molecule has 0 saturated carbocycles. The highest BCUT2D eigenvalue weighted by molar-refractivity contribution is 5.67. The fourth-order valence-corrected chi connectivity index (χ4v) is 0.565. The van der Waals surface area contributed by atoms with Crippen LogP contribution >= 0.6 is 0 Å². The van der Waals surface area contributed by atoms with Gasteiger partial charge in [-0.2, -0.15) is 0 Å². The number of nitrogens with one attached hydrogen (secondary N) is 1. The van der Waals surface area contributed by atoms with Crippen molar-refractivity contribution in [3.63, 3.8) is 0 Å². The lowest BCUT2D eigenvalue weighted by Crippen LogP contribution is -2.36. The van der Waals surface area contributed by atoms with Crippen molar-refractivity contribution in [2.24, 2.45) is 0 Å². The maximum Gasteiger partial charge on any atom is 0.309 e. The van der Waals surface area contributed by atoms with Crippen molar-refractivity contribution in [3.8, 4) is 0 Å². The Morgan fingerprint density at radius 3 is 2.60 bits per heavy atom. The van der Waals surface area contributed by atoms with E-state index in [9.17, 15) is 9.18 Å². The Labute approximate surface area is 57.7 Å². The molecule has 4 nitrogen and oxygen atoms in total. The van der Waals surface area contributed by atoms with Crippen molar-refractivity contribution in [1.29, 1.82) is 0 Å². The zero-order chi connectivity index (χ0) is 8.20. The molecule has 0 aliphatic rings. The van der Waals surface area contributed by atoms with Crippen LogP contribution in [-0.2, 0) is 4.79 Å². The summed E-state index contributed by atoms with van der Waals surface area (Å²) in [7, 11) is 1.42. The van der Waals surface area contributed by atoms with Crippen LogP contribution in [0.25, 0.3) is 0 Å². The Balaban J connectivity index is 3.74. The number of carboxylic acids is 1. The predicted octanol–water partition coefficient (Wildman–Crippen LogP) is -0.661. The Hall–Kier alpha value is -0.680. The van der Waals surface area contributed by atoms with Gasteiger partial charge in [0.2, 0.25) is 5.85 Å². The first-order valence-electron chi connectivity index (χ1n) is 2.75. The standard InChI is InChI=1S/C5H10FNO3/c1-7-3-5(6,10)2-4(8)9/h7,10H,2-3H2,1H3,(H,8,9)/t5-/m1/s1. The third kappa shape index (κ3) is 4.22. The van der Waals surface area contributed by atoms with Gasteiger partial charge in [-0.15, -0.1) is 0 Å². The molecule has 0 saturated heterocycles. The molecule has 0 unspecified atom stereocenters. The van der Waals surface area contributed by atoms with Crippen LogP contribution in [0, 0.1) is 0 Å². The van der Waals surface area contributed by atoms with E-state index in [1.165, 1.54) is 7.05 Å². The molecule has 0 aromatic carbocycles. The van der Waals surface area contributed by atoms with Gasteiger partial charge in [0, 0.05) is 0 Å². The zero-order valence-electron chi connectivity index (χ0n) is 5.59. The van der Waals surface area contributed by atoms with Crippen molar-refractivity contribution in [2.75, 3.05) is 13.6 Å². The van der Waals surface area contributed by atoms with Crippen LogP contribution in [0.15, 0.2) is 0 Å². The lowest BCUT2D eigenvalue weighted by molar-refractivity contribution is -0.152. The number of hydrogen-bond acceptors (Lipinski definition) is 3. The fourth-order valence-electron chi connectivity index (χ4n) is 0.565. The molecule has 3 N–H and O–H groups in total. The first-order chi connectivity index (χ1) is 4.48. The summed E-state index contributed by atoms with van der Waals surface area (Å²) in [5.74, 6) is -4.00. The lowest BCUT2D eigenvalue weighted by atomic mass is 10.2. The molecule has 0 bridgehead atoms. The van der Waals surface area contributed by atoms with Gasteiger partial charge in [-0.05, 0) is 7.05 Å². The van der Waals surface area contributed by atoms with Crippen LogP contribution in [-0.4, -0.2) is 35.6 Å². The number of aliphatic carboxylic acids is 1. The summed E-state index contributed by atoms with van der Waals surface area (Å²) in [6.45, 7) is -0.376. The van der Waals surface area contributed by atoms with Crippen molar-refractivity contribution >= 4 is 5.97 Å². The van der Waals surface area contributed by atoms with E-state index in [1.54, 1.807) is 0 Å². The first-order valence-corrected chi connectivity index (χ1v) is 2.75. The van der Waals surface area contributed by atoms with Crippen molar-refractivity contribution in [1.82, 2.24) is 5.32 Å². The van der Waals surface area contributed by atoms with Gasteiger partial charge < -0.3 is 15.5 Å². The monoisotopic (exact) mass is 151 g/mol. The lowest BCUT2D eigenvalue weighted by Gasteiger charge is -2.14. The Morgan fingerprint density at radius 1 is 1.80 bits per heavy atom. The molecule has 0 aliphatic heterocycles. The number of likely N-dealkylation sites (N-methyl/N-ethyl adjacent to an activating group) is 1. The van der Waals surface area contributed by atoms with Crippen molar-refractivity contribution < 1.29 is 19.4 Å². The van der Waals surface area contributed by atoms with Gasteiger partial charge in [-0.1, -0.05) is 0 Å². The number of alkyl halides is 1. The minimum atomic E-state index is -2.64. The number of aliphatic hydroxyl groups is 1. The smallest absolute Gasteiger partial charge is 0.309 e. The fraction of sp³-hybridized carbons (Fsp3) is 0.800. The number of hydrogen-bond donors (Lipinski definition) is 3. The van der Waals surface area contributed by atoms with E-state index in [4.69, 9.17) is 10.2 Å². The summed E-state index contributed by atoms with van der Waals surface area (Å²) in [4.78, 5) is 9.86. The number of rotatable bonds is 4. The maximum absolute atomic E-state index is 12.5. The van der Waals surface area contributed by atoms with Gasteiger partial charge in [0.15, 0.2) is 0 Å². The molecular weight excluding hydrogens is 141 g/mol. The molecule has 0 radical (unpaired) electrons. The highest BCUT2D eigenvalue weighted by Crippen LogP contribution is 2.09. The predicted molar refractivity (Wildman–Crippen MR) is 32.2 cm³/mol. The quantitative estimate of drug-likeness (QED) is 0.498. The summed E-state index contributed by atoms with van der Waals surface area (Å²) in [5, 5.41) is 18.9. The summed E-state index contributed by atoms with van der Waals surface area (Å²) in [6.07, 6.45) is -0.895. The molecule has 0 fully saturated rings. The summed E-state index contributed by atoms with van der Waals surface area (Å²) < 4.78 is 12.5. The van der Waals surface area contributed by atoms with E-state index >= 15 is 0 Å². The van der Waals surface area contributed by atoms with Crippen LogP contribution in [0.2, 0.25) is 0 Å². The van der Waals surface area contributed by atoms with Gasteiger partial charge in [-0.3, -0.25) is 4.79 Å². The number of carboxylic acid groups (broad SMARTS) is 1. The zero-order valence-corrected chi connectivity index (χ0v) is 5.59. The normalized spacial score (nSPS) is 16.3. The topological polar surface area (TPSA) is 69.6 Å². The van der Waals surface area contributed by atoms with Crippen molar-refractivity contribution in [3.05, 3.63) is 0 Å². The third-order valence-corrected chi connectivity index (χ3v) is 0.870. The van der Waals surface area contributed by atoms with Gasteiger partial charge in [0.25, 0.3) is 0 Å². The van der Waals surface area contributed by atoms with Crippen LogP contribution in [0.3, 0.4) is 0 Å². The maximum atomic E-state index is 12.5. The van der Waals surface area contributed by atoms with Crippen LogP contribution in [0.4, 0.5) is 4.39 Å². The summed E-state index contributed by atoms with van der Waals surface area (Å²) in [5.41, 5.74) is 0. The van der Waals surface area contributed by atoms with E-state index in [2.05, 4.69) is 5.32 Å². The van der Waals surface area contributed by atoms with E-state index in [1.807, 2.05) is 0 Å². The molecule has 0 rings (SSSR count). The summed E-state index contributed by atoms with van der Waals surface area (Å²) >= 11 is 0. The van der Waals surface area contributed by atoms with Crippen LogP contribution in [0.5, 0.6) is 0 Å². The Kier molecular flexibility index (Phi) is 3.24. The molecule has 10 heavy (non-hydrogen) atoms. The molecule has 0 aliphatic carbocycles. The molecule has 60 valence electrons. The number of halogens is 1. The SMILES string of the molecule is CNC[C@@](O)(F)CC(=O)O. The summed E-state index contributed by atoms with van der Waals surface area (Å²) in [6, 6.07) is 0. The number of carbonyl (C=O) groups is 1. The molecule has 5 heteroatoms. The van der Waals surface area contributed by atoms with E-state index in [0.717, 1.165) is 0 Å². The molecule has 1 atom stereocenters. The van der Waals surface area contributed by atoms with Gasteiger partial charge >= 0.3 is 5.97 Å². The minimum Gasteiger partial charge on any atom is -0.481 e. The van der Waals surface area contributed by atoms with Crippen molar-refractivity contribution in [2.45, 2.75) is 12.3 Å². The molecular formula is C5H10FNO3. The van der Waals surface area contributed by atoms with Gasteiger partial charge in [-0.25, -0.2) is 4.39 Å². The third-order valence-electron chi connectivity index (χ3n) is 0.870. The second-order valence-corrected chi connectivity index (χ2v) is 2.02. The molecule has 0 aromatic heterocycles. The molecule has 0 aromatic rings. The second-order valence-electron chi connectivity index (χ2n) is 2.02. The van der Waals surface area contributed by atoms with Crippen LogP contribution < -0.4 is 5.32 Å². The highest BCUT2D eigenvalue weighted by atomic mass is 19.2. The Bertz CT molecular complexity index is 126. The van der Waals surface area contributed by atoms with E-state index < -0.39 is 18.2 Å². The second kappa shape index (κ2) is 3.48. The molecule has 0 spiro atoms.